The lowest BCUT2D eigenvalue weighted by molar-refractivity contribution is -0.143. The Morgan fingerprint density at radius 2 is 1.42 bits per heavy atom. The molecule has 2 aromatic carbocycles. The molecule has 3 rings (SSSR count). The fourth-order valence-electron chi connectivity index (χ4n) is 4.17. The van der Waals surface area contributed by atoms with Gasteiger partial charge in [0.15, 0.2) is 0 Å². The summed E-state index contributed by atoms with van der Waals surface area (Å²) < 4.78 is 79.1. The zero-order valence-corrected chi connectivity index (χ0v) is 19.9. The number of anilines is 2. The van der Waals surface area contributed by atoms with E-state index < -0.39 is 35.0 Å². The molecule has 5 nitrogen and oxygen atoms in total. The number of benzene rings is 2. The molecule has 0 spiro atoms. The van der Waals surface area contributed by atoms with Crippen molar-refractivity contribution in [3.63, 3.8) is 0 Å². The first kappa shape index (κ1) is 27.3. The Bertz CT molecular complexity index is 1070. The van der Waals surface area contributed by atoms with Gasteiger partial charge in [0.1, 0.15) is 0 Å². The molecule has 1 N–H and O–H groups in total. The Balaban J connectivity index is 1.99. The maximum atomic E-state index is 13.2. The normalized spacial score (nSPS) is 14.5. The monoisotopic (exact) mass is 515 g/mol. The molecule has 2 amide bonds. The van der Waals surface area contributed by atoms with Crippen molar-refractivity contribution in [3.8, 4) is 0 Å². The Hall–Kier alpha value is -3.24. The molecule has 2 aromatic rings. The van der Waals surface area contributed by atoms with E-state index in [1.807, 2.05) is 13.8 Å². The molecule has 0 unspecified atom stereocenters. The van der Waals surface area contributed by atoms with Gasteiger partial charge in [-0.25, -0.2) is 0 Å². The number of alkyl halides is 6. The quantitative estimate of drug-likeness (QED) is 0.450. The van der Waals surface area contributed by atoms with Gasteiger partial charge in [0.05, 0.1) is 16.7 Å². The summed E-state index contributed by atoms with van der Waals surface area (Å²) in [6.45, 7) is 6.01. The molecule has 1 heterocycles. The standard InChI is InChI=1S/C25H27F6N3O2/c1-3-33(4-2)23(36)20-15-19(8-9-21(20)34-10-6-5-7-11-34)32-22(35)16-12-17(24(26,27)28)14-18(13-16)25(29,30)31/h8-9,12-15H,3-7,10-11H2,1-2H3,(H,32,35). The minimum absolute atomic E-state index is 0.0367. The number of halogens is 6. The Labute approximate surface area is 205 Å². The number of amides is 2. The van der Waals surface area contributed by atoms with Crippen LogP contribution < -0.4 is 10.2 Å². The third-order valence-corrected chi connectivity index (χ3v) is 6.08. The maximum absolute atomic E-state index is 13.2. The predicted molar refractivity (Wildman–Crippen MR) is 124 cm³/mol. The van der Waals surface area contributed by atoms with E-state index in [1.165, 1.54) is 12.1 Å². The molecule has 11 heteroatoms. The molecule has 0 radical (unpaired) electrons. The van der Waals surface area contributed by atoms with Crippen LogP contribution in [0.25, 0.3) is 0 Å². The van der Waals surface area contributed by atoms with E-state index in [2.05, 4.69) is 10.2 Å². The van der Waals surface area contributed by atoms with Crippen LogP contribution >= 0.6 is 0 Å². The SMILES string of the molecule is CCN(CC)C(=O)c1cc(NC(=O)c2cc(C(F)(F)F)cc(C(F)(F)F)c2)ccc1N1CCCCC1. The summed E-state index contributed by atoms with van der Waals surface area (Å²) in [5, 5.41) is 2.35. The van der Waals surface area contributed by atoms with E-state index in [1.54, 1.807) is 11.0 Å². The zero-order valence-electron chi connectivity index (χ0n) is 19.9. The van der Waals surface area contributed by atoms with Gasteiger partial charge in [-0.15, -0.1) is 0 Å². The molecule has 1 aliphatic heterocycles. The lowest BCUT2D eigenvalue weighted by atomic mass is 10.0. The first-order chi connectivity index (χ1) is 16.8. The fourth-order valence-corrected chi connectivity index (χ4v) is 4.17. The van der Waals surface area contributed by atoms with Gasteiger partial charge >= 0.3 is 12.4 Å². The van der Waals surface area contributed by atoms with E-state index in [0.29, 0.717) is 36.5 Å². The van der Waals surface area contributed by atoms with E-state index in [0.717, 1.165) is 32.4 Å². The molecule has 1 saturated heterocycles. The summed E-state index contributed by atoms with van der Waals surface area (Å²) in [7, 11) is 0. The third-order valence-electron chi connectivity index (χ3n) is 6.08. The van der Waals surface area contributed by atoms with Crippen LogP contribution in [0.1, 0.15) is 65.0 Å². The number of nitrogens with zero attached hydrogens (tertiary/aromatic N) is 2. The lowest BCUT2D eigenvalue weighted by Crippen LogP contribution is -2.35. The number of hydrogen-bond acceptors (Lipinski definition) is 3. The van der Waals surface area contributed by atoms with Crippen molar-refractivity contribution in [2.75, 3.05) is 36.4 Å². The van der Waals surface area contributed by atoms with Crippen molar-refractivity contribution in [2.24, 2.45) is 0 Å². The van der Waals surface area contributed by atoms with Gasteiger partial charge in [-0.2, -0.15) is 26.3 Å². The summed E-state index contributed by atoms with van der Waals surface area (Å²) in [6, 6.07) is 5.25. The minimum atomic E-state index is -5.07. The maximum Gasteiger partial charge on any atom is 0.416 e. The van der Waals surface area contributed by atoms with Crippen molar-refractivity contribution < 1.29 is 35.9 Å². The minimum Gasteiger partial charge on any atom is -0.371 e. The van der Waals surface area contributed by atoms with Gasteiger partial charge < -0.3 is 15.1 Å². The molecule has 196 valence electrons. The largest absolute Gasteiger partial charge is 0.416 e. The molecular weight excluding hydrogens is 488 g/mol. The van der Waals surface area contributed by atoms with E-state index >= 15 is 0 Å². The topological polar surface area (TPSA) is 52.7 Å². The highest BCUT2D eigenvalue weighted by molar-refractivity contribution is 6.06. The van der Waals surface area contributed by atoms with Crippen LogP contribution in [-0.2, 0) is 12.4 Å². The van der Waals surface area contributed by atoms with Crippen LogP contribution in [-0.4, -0.2) is 42.9 Å². The molecule has 0 saturated carbocycles. The number of piperidine rings is 1. The van der Waals surface area contributed by atoms with E-state index in [9.17, 15) is 35.9 Å². The molecule has 0 aromatic heterocycles. The first-order valence-corrected chi connectivity index (χ1v) is 11.6. The van der Waals surface area contributed by atoms with Crippen molar-refractivity contribution in [1.82, 2.24) is 4.90 Å². The zero-order chi connectivity index (χ0) is 26.7. The van der Waals surface area contributed by atoms with Crippen LogP contribution in [0.4, 0.5) is 37.7 Å². The average Bonchev–Trinajstić information content (AvgIpc) is 2.83. The smallest absolute Gasteiger partial charge is 0.371 e. The number of rotatable bonds is 6. The summed E-state index contributed by atoms with van der Waals surface area (Å²) in [5.41, 5.74) is -2.90. The summed E-state index contributed by atoms with van der Waals surface area (Å²) in [4.78, 5) is 29.6. The first-order valence-electron chi connectivity index (χ1n) is 11.6. The second-order valence-corrected chi connectivity index (χ2v) is 8.51. The average molecular weight is 515 g/mol. The summed E-state index contributed by atoms with van der Waals surface area (Å²) in [5.74, 6) is -1.44. The highest BCUT2D eigenvalue weighted by atomic mass is 19.4. The van der Waals surface area contributed by atoms with E-state index in [-0.39, 0.29) is 17.7 Å². The van der Waals surface area contributed by atoms with Crippen LogP contribution in [0.15, 0.2) is 36.4 Å². The van der Waals surface area contributed by atoms with Gasteiger partial charge in [-0.1, -0.05) is 0 Å². The molecular formula is C25H27F6N3O2. The van der Waals surface area contributed by atoms with Gasteiger partial charge in [-0.3, -0.25) is 9.59 Å². The second-order valence-electron chi connectivity index (χ2n) is 8.51. The number of carbonyl (C=O) groups excluding carboxylic acids is 2. The highest BCUT2D eigenvalue weighted by Crippen LogP contribution is 2.36. The number of hydrogen-bond donors (Lipinski definition) is 1. The number of carbonyl (C=O) groups is 2. The molecule has 0 bridgehead atoms. The number of nitrogens with one attached hydrogen (secondary N) is 1. The van der Waals surface area contributed by atoms with Gasteiger partial charge in [0.2, 0.25) is 0 Å². The van der Waals surface area contributed by atoms with Crippen LogP contribution in [0.5, 0.6) is 0 Å². The lowest BCUT2D eigenvalue weighted by Gasteiger charge is -2.31. The van der Waals surface area contributed by atoms with Gasteiger partial charge in [-0.05, 0) is 69.5 Å². The Morgan fingerprint density at radius 1 is 0.861 bits per heavy atom. The summed E-state index contributed by atoms with van der Waals surface area (Å²) in [6.07, 6.45) is -7.17. The fraction of sp³-hybridized carbons (Fsp3) is 0.440. The van der Waals surface area contributed by atoms with E-state index in [4.69, 9.17) is 0 Å². The second kappa shape index (κ2) is 10.8. The Morgan fingerprint density at radius 3 is 1.92 bits per heavy atom. The third kappa shape index (κ3) is 6.30. The van der Waals surface area contributed by atoms with Crippen LogP contribution in [0, 0.1) is 0 Å². The molecule has 0 atom stereocenters. The van der Waals surface area contributed by atoms with Crippen molar-refractivity contribution in [3.05, 3.63) is 58.7 Å². The Kier molecular flexibility index (Phi) is 8.20. The molecule has 1 fully saturated rings. The van der Waals surface area contributed by atoms with Crippen LogP contribution in [0.2, 0.25) is 0 Å². The van der Waals surface area contributed by atoms with Crippen molar-refractivity contribution >= 4 is 23.2 Å². The molecule has 36 heavy (non-hydrogen) atoms. The predicted octanol–water partition coefficient (Wildman–Crippen LogP) is 6.45. The van der Waals surface area contributed by atoms with Crippen molar-refractivity contribution in [2.45, 2.75) is 45.5 Å². The van der Waals surface area contributed by atoms with Gasteiger partial charge in [0.25, 0.3) is 11.8 Å². The molecule has 1 aliphatic rings. The highest BCUT2D eigenvalue weighted by Gasteiger charge is 2.37. The van der Waals surface area contributed by atoms with Crippen LogP contribution in [0.3, 0.4) is 0 Å². The molecule has 0 aliphatic carbocycles. The summed E-state index contributed by atoms with van der Waals surface area (Å²) >= 11 is 0. The van der Waals surface area contributed by atoms with Crippen molar-refractivity contribution in [1.29, 1.82) is 0 Å². The van der Waals surface area contributed by atoms with Gasteiger partial charge in [0, 0.05) is 43.1 Å².